The fraction of sp³-hybridized carbons (Fsp3) is 0.533. The van der Waals surface area contributed by atoms with Gasteiger partial charge >= 0.3 is 0 Å². The molecule has 0 saturated carbocycles. The number of halogens is 1. The molecular formula is C15H25ClN2O3. The zero-order valence-electron chi connectivity index (χ0n) is 12.9. The van der Waals surface area contributed by atoms with E-state index in [0.29, 0.717) is 26.3 Å². The van der Waals surface area contributed by atoms with Crippen molar-refractivity contribution in [2.24, 2.45) is 5.73 Å². The summed E-state index contributed by atoms with van der Waals surface area (Å²) in [5.41, 5.74) is 6.00. The minimum atomic E-state index is -1.05. The minimum absolute atomic E-state index is 0. The molecule has 6 heteroatoms. The highest BCUT2D eigenvalue weighted by Gasteiger charge is 2.34. The van der Waals surface area contributed by atoms with Gasteiger partial charge in [0, 0.05) is 27.3 Å². The van der Waals surface area contributed by atoms with Crippen molar-refractivity contribution >= 4 is 18.3 Å². The third kappa shape index (κ3) is 5.63. The van der Waals surface area contributed by atoms with Crippen LogP contribution < -0.4 is 5.73 Å². The lowest BCUT2D eigenvalue weighted by atomic mass is 9.91. The number of ether oxygens (including phenoxy) is 2. The van der Waals surface area contributed by atoms with Crippen molar-refractivity contribution in [3.05, 3.63) is 35.9 Å². The van der Waals surface area contributed by atoms with Gasteiger partial charge in [-0.3, -0.25) is 4.79 Å². The SMILES string of the molecule is COCCN(CCOC)C(=O)C(C)(N)c1ccccc1.Cl. The third-order valence-electron chi connectivity index (χ3n) is 3.24. The number of hydrogen-bond acceptors (Lipinski definition) is 4. The number of hydrogen-bond donors (Lipinski definition) is 1. The quantitative estimate of drug-likeness (QED) is 0.787. The van der Waals surface area contributed by atoms with Crippen molar-refractivity contribution in [1.29, 1.82) is 0 Å². The number of methoxy groups -OCH3 is 2. The molecule has 0 saturated heterocycles. The lowest BCUT2D eigenvalue weighted by Gasteiger charge is -2.32. The van der Waals surface area contributed by atoms with E-state index in [-0.39, 0.29) is 18.3 Å². The van der Waals surface area contributed by atoms with Crippen LogP contribution in [0.3, 0.4) is 0 Å². The standard InChI is InChI=1S/C15H24N2O3.ClH/c1-15(16,13-7-5-4-6-8-13)14(18)17(9-11-19-2)10-12-20-3;/h4-8H,9-12,16H2,1-3H3;1H. The smallest absolute Gasteiger partial charge is 0.247 e. The Balaban J connectivity index is 0.00000400. The number of amides is 1. The second-order valence-electron chi connectivity index (χ2n) is 4.85. The fourth-order valence-corrected chi connectivity index (χ4v) is 1.95. The zero-order valence-corrected chi connectivity index (χ0v) is 13.7. The van der Waals surface area contributed by atoms with Gasteiger partial charge in [-0.2, -0.15) is 0 Å². The Morgan fingerprint density at radius 1 is 1.14 bits per heavy atom. The van der Waals surface area contributed by atoms with Crippen LogP contribution in [-0.2, 0) is 19.8 Å². The molecule has 1 aromatic carbocycles. The minimum Gasteiger partial charge on any atom is -0.383 e. The first-order valence-corrected chi connectivity index (χ1v) is 6.65. The Hall–Kier alpha value is -1.14. The van der Waals surface area contributed by atoms with E-state index in [2.05, 4.69) is 0 Å². The first-order chi connectivity index (χ1) is 9.54. The lowest BCUT2D eigenvalue weighted by Crippen LogP contribution is -2.52. The van der Waals surface area contributed by atoms with Crippen molar-refractivity contribution in [2.45, 2.75) is 12.5 Å². The molecule has 5 nitrogen and oxygen atoms in total. The van der Waals surface area contributed by atoms with Gasteiger partial charge < -0.3 is 20.1 Å². The Morgan fingerprint density at radius 3 is 2.05 bits per heavy atom. The van der Waals surface area contributed by atoms with Crippen LogP contribution in [0, 0.1) is 0 Å². The molecule has 0 radical (unpaired) electrons. The molecule has 120 valence electrons. The Morgan fingerprint density at radius 2 is 1.62 bits per heavy atom. The molecule has 0 fully saturated rings. The maximum Gasteiger partial charge on any atom is 0.247 e. The number of benzene rings is 1. The first-order valence-electron chi connectivity index (χ1n) is 6.65. The number of rotatable bonds is 8. The Kier molecular flexibility index (Phi) is 9.21. The molecule has 1 unspecified atom stereocenters. The number of nitrogens with zero attached hydrogens (tertiary/aromatic N) is 1. The Labute approximate surface area is 132 Å². The molecule has 1 rings (SSSR count). The van der Waals surface area contributed by atoms with Crippen molar-refractivity contribution in [3.8, 4) is 0 Å². The lowest BCUT2D eigenvalue weighted by molar-refractivity contribution is -0.138. The summed E-state index contributed by atoms with van der Waals surface area (Å²) in [6.45, 7) is 3.68. The summed E-state index contributed by atoms with van der Waals surface area (Å²) < 4.78 is 10.1. The van der Waals surface area contributed by atoms with Gasteiger partial charge in [0.1, 0.15) is 5.54 Å². The average Bonchev–Trinajstić information content (AvgIpc) is 2.47. The second kappa shape index (κ2) is 9.73. The molecule has 0 bridgehead atoms. The van der Waals surface area contributed by atoms with E-state index >= 15 is 0 Å². The predicted molar refractivity (Wildman–Crippen MR) is 85.6 cm³/mol. The van der Waals surface area contributed by atoms with Gasteiger partial charge in [-0.15, -0.1) is 12.4 Å². The van der Waals surface area contributed by atoms with Crippen LogP contribution in [0.2, 0.25) is 0 Å². The van der Waals surface area contributed by atoms with Crippen LogP contribution >= 0.6 is 12.4 Å². The van der Waals surface area contributed by atoms with Gasteiger partial charge in [-0.1, -0.05) is 30.3 Å². The van der Waals surface area contributed by atoms with E-state index in [1.54, 1.807) is 26.0 Å². The first kappa shape index (κ1) is 19.9. The molecule has 0 aliphatic heterocycles. The average molecular weight is 317 g/mol. The maximum atomic E-state index is 12.7. The van der Waals surface area contributed by atoms with E-state index in [1.807, 2.05) is 30.3 Å². The van der Waals surface area contributed by atoms with Crippen LogP contribution in [0.4, 0.5) is 0 Å². The molecule has 2 N–H and O–H groups in total. The molecule has 0 aromatic heterocycles. The molecular weight excluding hydrogens is 292 g/mol. The number of carbonyl (C=O) groups excluding carboxylic acids is 1. The summed E-state index contributed by atoms with van der Waals surface area (Å²) in [4.78, 5) is 14.3. The van der Waals surface area contributed by atoms with Crippen LogP contribution in [0.5, 0.6) is 0 Å². The Bertz CT molecular complexity index is 405. The molecule has 0 aliphatic rings. The van der Waals surface area contributed by atoms with Crippen LogP contribution in [0.15, 0.2) is 30.3 Å². The van der Waals surface area contributed by atoms with Gasteiger partial charge in [0.05, 0.1) is 13.2 Å². The van der Waals surface area contributed by atoms with Crippen molar-refractivity contribution < 1.29 is 14.3 Å². The molecule has 0 spiro atoms. The molecule has 0 aliphatic carbocycles. The van der Waals surface area contributed by atoms with Gasteiger partial charge in [0.25, 0.3) is 0 Å². The fourth-order valence-electron chi connectivity index (χ4n) is 1.95. The van der Waals surface area contributed by atoms with Gasteiger partial charge in [-0.25, -0.2) is 0 Å². The van der Waals surface area contributed by atoms with Gasteiger partial charge in [0.2, 0.25) is 5.91 Å². The highest BCUT2D eigenvalue weighted by molar-refractivity contribution is 5.87. The van der Waals surface area contributed by atoms with Crippen LogP contribution in [0.1, 0.15) is 12.5 Å². The highest BCUT2D eigenvalue weighted by atomic mass is 35.5. The zero-order chi connectivity index (χ0) is 15.0. The summed E-state index contributed by atoms with van der Waals surface area (Å²) in [5, 5.41) is 0. The van der Waals surface area contributed by atoms with Crippen molar-refractivity contribution in [3.63, 3.8) is 0 Å². The van der Waals surface area contributed by atoms with E-state index < -0.39 is 5.54 Å². The van der Waals surface area contributed by atoms with Gasteiger partial charge in [-0.05, 0) is 12.5 Å². The third-order valence-corrected chi connectivity index (χ3v) is 3.24. The molecule has 1 aromatic rings. The topological polar surface area (TPSA) is 64.8 Å². The van der Waals surface area contributed by atoms with E-state index in [0.717, 1.165) is 5.56 Å². The summed E-state index contributed by atoms with van der Waals surface area (Å²) in [6, 6.07) is 9.38. The van der Waals surface area contributed by atoms with E-state index in [1.165, 1.54) is 0 Å². The molecule has 1 amide bonds. The molecule has 1 atom stereocenters. The van der Waals surface area contributed by atoms with Crippen LogP contribution in [-0.4, -0.2) is 51.3 Å². The van der Waals surface area contributed by atoms with E-state index in [4.69, 9.17) is 15.2 Å². The van der Waals surface area contributed by atoms with Crippen LogP contribution in [0.25, 0.3) is 0 Å². The summed E-state index contributed by atoms with van der Waals surface area (Å²) >= 11 is 0. The number of carbonyl (C=O) groups is 1. The second-order valence-corrected chi connectivity index (χ2v) is 4.85. The number of nitrogens with two attached hydrogens (primary N) is 1. The highest BCUT2D eigenvalue weighted by Crippen LogP contribution is 2.20. The molecule has 21 heavy (non-hydrogen) atoms. The van der Waals surface area contributed by atoms with Gasteiger partial charge in [0.15, 0.2) is 0 Å². The maximum absolute atomic E-state index is 12.7. The normalized spacial score (nSPS) is 13.1. The predicted octanol–water partition coefficient (Wildman–Crippen LogP) is 1.40. The monoisotopic (exact) mass is 316 g/mol. The summed E-state index contributed by atoms with van der Waals surface area (Å²) in [6.07, 6.45) is 0. The summed E-state index contributed by atoms with van der Waals surface area (Å²) in [7, 11) is 3.22. The van der Waals surface area contributed by atoms with Crippen molar-refractivity contribution in [1.82, 2.24) is 4.90 Å². The van der Waals surface area contributed by atoms with Crippen molar-refractivity contribution in [2.75, 3.05) is 40.5 Å². The van der Waals surface area contributed by atoms with E-state index in [9.17, 15) is 4.79 Å². The largest absolute Gasteiger partial charge is 0.383 e. The molecule has 0 heterocycles. The summed E-state index contributed by atoms with van der Waals surface area (Å²) in [5.74, 6) is -0.127.